The van der Waals surface area contributed by atoms with Crippen molar-refractivity contribution in [2.75, 3.05) is 11.9 Å². The van der Waals surface area contributed by atoms with Crippen LogP contribution in [0, 0.1) is 6.92 Å². The molecule has 148 valence electrons. The molecule has 0 aliphatic heterocycles. The normalized spacial score (nSPS) is 10.4. The molecule has 0 radical (unpaired) electrons. The summed E-state index contributed by atoms with van der Waals surface area (Å²) in [5, 5.41) is 3.86. The Hall–Kier alpha value is -2.82. The molecule has 29 heavy (non-hydrogen) atoms. The van der Waals surface area contributed by atoms with Crippen LogP contribution in [0.15, 0.2) is 72.8 Å². The van der Waals surface area contributed by atoms with Crippen LogP contribution >= 0.6 is 23.2 Å². The van der Waals surface area contributed by atoms with Gasteiger partial charge in [-0.15, -0.1) is 0 Å². The smallest absolute Gasteiger partial charge is 0.254 e. The molecule has 6 heteroatoms. The first-order valence-corrected chi connectivity index (χ1v) is 9.83. The molecule has 1 N–H and O–H groups in total. The Morgan fingerprint density at radius 1 is 0.897 bits per heavy atom. The molecule has 0 heterocycles. The maximum atomic E-state index is 13.1. The Morgan fingerprint density at radius 3 is 2.31 bits per heavy atom. The van der Waals surface area contributed by atoms with Gasteiger partial charge in [0.25, 0.3) is 5.91 Å². The first kappa shape index (κ1) is 20.9. The van der Waals surface area contributed by atoms with Gasteiger partial charge in [-0.05, 0) is 60.5 Å². The van der Waals surface area contributed by atoms with E-state index >= 15 is 0 Å². The molecule has 3 aromatic carbocycles. The van der Waals surface area contributed by atoms with Crippen LogP contribution in [0.25, 0.3) is 0 Å². The minimum Gasteiger partial charge on any atom is -0.325 e. The molecule has 0 aliphatic rings. The molecule has 2 amide bonds. The summed E-state index contributed by atoms with van der Waals surface area (Å²) < 4.78 is 0. The largest absolute Gasteiger partial charge is 0.325 e. The van der Waals surface area contributed by atoms with Crippen molar-refractivity contribution >= 4 is 40.7 Å². The molecule has 0 atom stereocenters. The lowest BCUT2D eigenvalue weighted by Crippen LogP contribution is -2.37. The van der Waals surface area contributed by atoms with Gasteiger partial charge in [-0.1, -0.05) is 53.5 Å². The van der Waals surface area contributed by atoms with E-state index in [1.807, 2.05) is 31.2 Å². The van der Waals surface area contributed by atoms with Gasteiger partial charge in [0.05, 0.1) is 0 Å². The third-order valence-corrected chi connectivity index (χ3v) is 4.93. The summed E-state index contributed by atoms with van der Waals surface area (Å²) >= 11 is 11.9. The highest BCUT2D eigenvalue weighted by Crippen LogP contribution is 2.17. The van der Waals surface area contributed by atoms with Gasteiger partial charge in [0.15, 0.2) is 0 Å². The third kappa shape index (κ3) is 5.83. The van der Waals surface area contributed by atoms with E-state index in [9.17, 15) is 9.59 Å². The highest BCUT2D eigenvalue weighted by molar-refractivity contribution is 6.31. The van der Waals surface area contributed by atoms with Gasteiger partial charge in [0.2, 0.25) is 5.91 Å². The van der Waals surface area contributed by atoms with Crippen molar-refractivity contribution < 1.29 is 9.59 Å². The standard InChI is InChI=1S/C23H20Cl2N2O2/c1-16-5-2-3-6-18(16)14-27(23(29)17-9-11-19(24)12-10-17)15-22(28)26-21-8-4-7-20(25)13-21/h2-13H,14-15H2,1H3,(H,26,28). The summed E-state index contributed by atoms with van der Waals surface area (Å²) in [5.41, 5.74) is 3.08. The molecule has 0 unspecified atom stereocenters. The Balaban J connectivity index is 1.81. The van der Waals surface area contributed by atoms with Crippen LogP contribution in [0.5, 0.6) is 0 Å². The fraction of sp³-hybridized carbons (Fsp3) is 0.130. The molecule has 3 aromatic rings. The summed E-state index contributed by atoms with van der Waals surface area (Å²) in [6.07, 6.45) is 0. The Morgan fingerprint density at radius 2 is 1.62 bits per heavy atom. The lowest BCUT2D eigenvalue weighted by Gasteiger charge is -2.23. The molecule has 0 aromatic heterocycles. The van der Waals surface area contributed by atoms with Crippen molar-refractivity contribution in [3.63, 3.8) is 0 Å². The fourth-order valence-corrected chi connectivity index (χ4v) is 3.22. The highest BCUT2D eigenvalue weighted by Gasteiger charge is 2.20. The molecule has 0 aliphatic carbocycles. The summed E-state index contributed by atoms with van der Waals surface area (Å²) in [7, 11) is 0. The first-order chi connectivity index (χ1) is 13.9. The van der Waals surface area contributed by atoms with Gasteiger partial charge in [-0.2, -0.15) is 0 Å². The zero-order valence-corrected chi connectivity index (χ0v) is 17.4. The second-order valence-corrected chi connectivity index (χ2v) is 7.53. The zero-order chi connectivity index (χ0) is 20.8. The van der Waals surface area contributed by atoms with E-state index in [1.54, 1.807) is 48.5 Å². The first-order valence-electron chi connectivity index (χ1n) is 9.07. The number of aryl methyl sites for hydroxylation is 1. The summed E-state index contributed by atoms with van der Waals surface area (Å²) in [6.45, 7) is 2.20. The number of nitrogens with zero attached hydrogens (tertiary/aromatic N) is 1. The number of amides is 2. The minimum atomic E-state index is -0.303. The number of carbonyl (C=O) groups excluding carboxylic acids is 2. The van der Waals surface area contributed by atoms with Crippen LogP contribution in [0.4, 0.5) is 5.69 Å². The van der Waals surface area contributed by atoms with Crippen LogP contribution in [-0.4, -0.2) is 23.3 Å². The lowest BCUT2D eigenvalue weighted by molar-refractivity contribution is -0.117. The average Bonchev–Trinajstić information content (AvgIpc) is 2.69. The quantitative estimate of drug-likeness (QED) is 0.558. The van der Waals surface area contributed by atoms with Crippen LogP contribution in [0.2, 0.25) is 10.0 Å². The Bertz CT molecular complexity index is 1020. The second-order valence-electron chi connectivity index (χ2n) is 6.65. The van der Waals surface area contributed by atoms with Crippen LogP contribution < -0.4 is 5.32 Å². The number of anilines is 1. The van der Waals surface area contributed by atoms with E-state index in [1.165, 1.54) is 4.90 Å². The molecule has 0 saturated carbocycles. The van der Waals surface area contributed by atoms with Crippen molar-refractivity contribution in [2.24, 2.45) is 0 Å². The van der Waals surface area contributed by atoms with Gasteiger partial charge in [0.1, 0.15) is 6.54 Å². The van der Waals surface area contributed by atoms with Crippen LogP contribution in [0.3, 0.4) is 0 Å². The maximum absolute atomic E-state index is 13.1. The number of hydrogen-bond acceptors (Lipinski definition) is 2. The second kappa shape index (κ2) is 9.59. The summed E-state index contributed by atoms with van der Waals surface area (Å²) in [6, 6.07) is 21.3. The van der Waals surface area contributed by atoms with Crippen LogP contribution in [-0.2, 0) is 11.3 Å². The Kier molecular flexibility index (Phi) is 6.91. The van der Waals surface area contributed by atoms with E-state index in [2.05, 4.69) is 5.32 Å². The Labute approximate surface area is 180 Å². The van der Waals surface area contributed by atoms with E-state index in [-0.39, 0.29) is 18.4 Å². The highest BCUT2D eigenvalue weighted by atomic mass is 35.5. The number of carbonyl (C=O) groups is 2. The minimum absolute atomic E-state index is 0.0949. The van der Waals surface area contributed by atoms with E-state index in [0.29, 0.717) is 27.8 Å². The monoisotopic (exact) mass is 426 g/mol. The number of rotatable bonds is 6. The predicted octanol–water partition coefficient (Wildman–Crippen LogP) is 5.58. The number of nitrogens with one attached hydrogen (secondary N) is 1. The third-order valence-electron chi connectivity index (χ3n) is 4.44. The van der Waals surface area contributed by atoms with E-state index in [4.69, 9.17) is 23.2 Å². The number of halogens is 2. The molecule has 0 fully saturated rings. The SMILES string of the molecule is Cc1ccccc1CN(CC(=O)Nc1cccc(Cl)c1)C(=O)c1ccc(Cl)cc1. The predicted molar refractivity (Wildman–Crippen MR) is 117 cm³/mol. The molecule has 4 nitrogen and oxygen atoms in total. The maximum Gasteiger partial charge on any atom is 0.254 e. The molecule has 0 bridgehead atoms. The molecule has 3 rings (SSSR count). The van der Waals surface area contributed by atoms with Crippen molar-refractivity contribution in [1.29, 1.82) is 0 Å². The van der Waals surface area contributed by atoms with Gasteiger partial charge >= 0.3 is 0 Å². The van der Waals surface area contributed by atoms with Gasteiger partial charge in [-0.25, -0.2) is 0 Å². The van der Waals surface area contributed by atoms with Gasteiger partial charge in [0, 0.05) is 27.8 Å². The molecular formula is C23H20Cl2N2O2. The van der Waals surface area contributed by atoms with Crippen molar-refractivity contribution in [1.82, 2.24) is 4.90 Å². The van der Waals surface area contributed by atoms with Crippen molar-refractivity contribution in [3.05, 3.63) is 99.5 Å². The van der Waals surface area contributed by atoms with Crippen LogP contribution in [0.1, 0.15) is 21.5 Å². The average molecular weight is 427 g/mol. The number of benzene rings is 3. The van der Waals surface area contributed by atoms with Crippen molar-refractivity contribution in [3.8, 4) is 0 Å². The topological polar surface area (TPSA) is 49.4 Å². The molecular weight excluding hydrogens is 407 g/mol. The van der Waals surface area contributed by atoms with E-state index < -0.39 is 0 Å². The van der Waals surface area contributed by atoms with Crippen molar-refractivity contribution in [2.45, 2.75) is 13.5 Å². The fourth-order valence-electron chi connectivity index (χ4n) is 2.91. The van der Waals surface area contributed by atoms with E-state index in [0.717, 1.165) is 11.1 Å². The lowest BCUT2D eigenvalue weighted by atomic mass is 10.1. The number of hydrogen-bond donors (Lipinski definition) is 1. The molecule has 0 spiro atoms. The zero-order valence-electron chi connectivity index (χ0n) is 15.9. The van der Waals surface area contributed by atoms with Gasteiger partial charge < -0.3 is 10.2 Å². The molecule has 0 saturated heterocycles. The summed E-state index contributed by atoms with van der Waals surface area (Å²) in [5.74, 6) is -0.547. The summed E-state index contributed by atoms with van der Waals surface area (Å²) in [4.78, 5) is 27.2. The van der Waals surface area contributed by atoms with Gasteiger partial charge in [-0.3, -0.25) is 9.59 Å².